The van der Waals surface area contributed by atoms with Gasteiger partial charge in [0.05, 0.1) is 19.4 Å². The van der Waals surface area contributed by atoms with Crippen molar-refractivity contribution < 1.29 is 23.6 Å². The van der Waals surface area contributed by atoms with Crippen LogP contribution < -0.4 is 16.1 Å². The predicted octanol–water partition coefficient (Wildman–Crippen LogP) is 0.414. The molecule has 0 aliphatic heterocycles. The summed E-state index contributed by atoms with van der Waals surface area (Å²) in [6.45, 7) is 4.95. The molecule has 0 aliphatic rings. The number of nitrogens with one attached hydrogen (secondary N) is 1. The molecule has 1 atom stereocenters. The van der Waals surface area contributed by atoms with Crippen LogP contribution in [0.25, 0.3) is 0 Å². The third-order valence-electron chi connectivity index (χ3n) is 2.58. The molecular formula is C13H21N2O7P. The summed E-state index contributed by atoms with van der Waals surface area (Å²) in [5.74, 6) is 1.15. The summed E-state index contributed by atoms with van der Waals surface area (Å²) in [6, 6.07) is 0. The highest BCUT2D eigenvalue weighted by Crippen LogP contribution is 2.49. The Morgan fingerprint density at radius 3 is 2.52 bits per heavy atom. The summed E-state index contributed by atoms with van der Waals surface area (Å²) >= 11 is 0. The van der Waals surface area contributed by atoms with Crippen LogP contribution in [0.15, 0.2) is 27.7 Å². The van der Waals surface area contributed by atoms with Gasteiger partial charge in [-0.15, -0.1) is 4.73 Å². The lowest BCUT2D eigenvalue weighted by Gasteiger charge is -2.14. The highest BCUT2D eigenvalue weighted by atomic mass is 31.2. The van der Waals surface area contributed by atoms with Crippen molar-refractivity contribution in [2.24, 2.45) is 0 Å². The van der Waals surface area contributed by atoms with E-state index < -0.39 is 24.9 Å². The largest absolute Gasteiger partial charge is 0.406 e. The molecule has 0 saturated heterocycles. The first-order chi connectivity index (χ1) is 10.8. The number of aromatic nitrogens is 2. The third-order valence-corrected chi connectivity index (χ3v) is 4.36. The van der Waals surface area contributed by atoms with E-state index in [0.29, 0.717) is 0 Å². The van der Waals surface area contributed by atoms with Crippen molar-refractivity contribution in [3.63, 3.8) is 0 Å². The molecule has 1 aromatic rings. The maximum atomic E-state index is 12.2. The first-order valence-electron chi connectivity index (χ1n) is 7.03. The Labute approximate surface area is 133 Å². The van der Waals surface area contributed by atoms with Crippen molar-refractivity contribution in [1.29, 1.82) is 0 Å². The van der Waals surface area contributed by atoms with Crippen molar-refractivity contribution >= 4 is 7.60 Å². The van der Waals surface area contributed by atoms with Crippen LogP contribution >= 0.6 is 7.60 Å². The van der Waals surface area contributed by atoms with Crippen molar-refractivity contribution in [3.8, 4) is 0 Å². The lowest BCUT2D eigenvalue weighted by molar-refractivity contribution is 0.0393. The Kier molecular flexibility index (Phi) is 7.44. The molecule has 0 aliphatic carbocycles. The fourth-order valence-electron chi connectivity index (χ4n) is 1.54. The first kappa shape index (κ1) is 19.4. The van der Waals surface area contributed by atoms with Gasteiger partial charge in [0.1, 0.15) is 12.7 Å². The average Bonchev–Trinajstić information content (AvgIpc) is 2.48. The number of H-pyrrole nitrogens is 1. The number of aliphatic hydroxyl groups is 1. The Bertz CT molecular complexity index is 684. The number of aryl methyl sites for hydroxylation is 1. The number of aliphatic hydroxyl groups excluding tert-OH is 1. The zero-order chi connectivity index (χ0) is 17.5. The van der Waals surface area contributed by atoms with Gasteiger partial charge in [0.2, 0.25) is 0 Å². The minimum absolute atomic E-state index is 0.195. The molecule has 0 unspecified atom stereocenters. The van der Waals surface area contributed by atoms with Crippen LogP contribution in [0.1, 0.15) is 19.4 Å². The second kappa shape index (κ2) is 8.83. The summed E-state index contributed by atoms with van der Waals surface area (Å²) in [6.07, 6.45) is 1.27. The number of rotatable bonds is 9. The normalized spacial score (nSPS) is 13.4. The summed E-state index contributed by atoms with van der Waals surface area (Å²) in [5, 5.41) is 9.79. The van der Waals surface area contributed by atoms with Crippen LogP contribution in [0.2, 0.25) is 0 Å². The molecule has 0 fully saturated rings. The van der Waals surface area contributed by atoms with Crippen molar-refractivity contribution in [2.45, 2.75) is 26.9 Å². The first-order valence-corrected chi connectivity index (χ1v) is 8.64. The van der Waals surface area contributed by atoms with Gasteiger partial charge in [-0.1, -0.05) is 0 Å². The van der Waals surface area contributed by atoms with Gasteiger partial charge < -0.3 is 19.0 Å². The maximum absolute atomic E-state index is 12.2. The number of aromatic amines is 1. The Morgan fingerprint density at radius 1 is 1.35 bits per heavy atom. The summed E-state index contributed by atoms with van der Waals surface area (Å²) in [5.41, 5.74) is -0.984. The molecule has 1 rings (SSSR count). The van der Waals surface area contributed by atoms with Gasteiger partial charge in [0.25, 0.3) is 5.56 Å². The molecule has 0 saturated carbocycles. The molecule has 1 heterocycles. The highest BCUT2D eigenvalue weighted by molar-refractivity contribution is 7.57. The van der Waals surface area contributed by atoms with Crippen molar-refractivity contribution in [1.82, 2.24) is 9.71 Å². The van der Waals surface area contributed by atoms with Gasteiger partial charge in [-0.3, -0.25) is 14.3 Å². The van der Waals surface area contributed by atoms with Gasteiger partial charge in [-0.25, -0.2) is 4.79 Å². The highest BCUT2D eigenvalue weighted by Gasteiger charge is 2.19. The molecule has 0 bridgehead atoms. The molecule has 23 heavy (non-hydrogen) atoms. The van der Waals surface area contributed by atoms with E-state index in [0.717, 1.165) is 10.5 Å². The zero-order valence-electron chi connectivity index (χ0n) is 13.2. The minimum Gasteiger partial charge on any atom is -0.406 e. The fraction of sp³-hybridized carbons (Fsp3) is 0.538. The van der Waals surface area contributed by atoms with Crippen LogP contribution in [0.3, 0.4) is 0 Å². The van der Waals surface area contributed by atoms with Gasteiger partial charge in [-0.05, 0) is 26.8 Å². The van der Waals surface area contributed by atoms with Crippen molar-refractivity contribution in [3.05, 3.63) is 44.5 Å². The van der Waals surface area contributed by atoms with Gasteiger partial charge in [-0.2, -0.15) is 0 Å². The second-order valence-electron chi connectivity index (χ2n) is 4.48. The van der Waals surface area contributed by atoms with E-state index in [4.69, 9.17) is 13.9 Å². The van der Waals surface area contributed by atoms with Gasteiger partial charge >= 0.3 is 13.3 Å². The van der Waals surface area contributed by atoms with Gasteiger partial charge in [0.15, 0.2) is 0 Å². The summed E-state index contributed by atoms with van der Waals surface area (Å²) in [4.78, 5) is 29.9. The number of hydrogen-bond acceptors (Lipinski definition) is 7. The van der Waals surface area contributed by atoms with Crippen LogP contribution in [-0.4, -0.2) is 40.7 Å². The standard InChI is InChI=1S/C13H21N2O7P/c1-4-21-23(19,22-5-2)7-6-11(16)9-20-15-8-10(3)12(17)14-13(15)18/h6-8,11,16H,4-5,9H2,1-3H3,(H,14,17,18)/b7-6+/t11-/m1/s1. The number of hydrogen-bond donors (Lipinski definition) is 2. The monoisotopic (exact) mass is 348 g/mol. The molecule has 130 valence electrons. The molecular weight excluding hydrogens is 327 g/mol. The Morgan fingerprint density at radius 2 is 1.96 bits per heavy atom. The van der Waals surface area contributed by atoms with E-state index in [-0.39, 0.29) is 25.4 Å². The molecule has 0 amide bonds. The molecule has 0 radical (unpaired) electrons. The lowest BCUT2D eigenvalue weighted by Crippen LogP contribution is -2.36. The fourth-order valence-corrected chi connectivity index (χ4v) is 2.92. The van der Waals surface area contributed by atoms with E-state index in [1.165, 1.54) is 19.2 Å². The zero-order valence-corrected chi connectivity index (χ0v) is 14.1. The lowest BCUT2D eigenvalue weighted by atomic mass is 10.4. The van der Waals surface area contributed by atoms with E-state index in [9.17, 15) is 19.3 Å². The van der Waals surface area contributed by atoms with Crippen molar-refractivity contribution in [2.75, 3.05) is 19.8 Å². The van der Waals surface area contributed by atoms with Crippen LogP contribution in [0.4, 0.5) is 0 Å². The average molecular weight is 348 g/mol. The van der Waals surface area contributed by atoms with Gasteiger partial charge in [0, 0.05) is 11.4 Å². The molecule has 9 nitrogen and oxygen atoms in total. The van der Waals surface area contributed by atoms with Crippen LogP contribution in [0, 0.1) is 6.92 Å². The van der Waals surface area contributed by atoms with Crippen LogP contribution in [0.5, 0.6) is 0 Å². The van der Waals surface area contributed by atoms with E-state index in [1.54, 1.807) is 13.8 Å². The van der Waals surface area contributed by atoms with E-state index in [1.807, 2.05) is 0 Å². The molecule has 2 N–H and O–H groups in total. The Hall–Kier alpha value is -1.67. The van der Waals surface area contributed by atoms with E-state index >= 15 is 0 Å². The minimum atomic E-state index is -3.40. The van der Waals surface area contributed by atoms with E-state index in [2.05, 4.69) is 4.98 Å². The third kappa shape index (κ3) is 6.15. The smallest absolute Gasteiger partial charge is 0.361 e. The number of nitrogens with zero attached hydrogens (tertiary/aromatic N) is 1. The molecule has 0 aromatic carbocycles. The maximum Gasteiger partial charge on any atom is 0.361 e. The SMILES string of the molecule is CCOP(=O)(/C=C/[C@@H](O)COn1cc(C)c(=O)[nH]c1=O)OCC. The quantitative estimate of drug-likeness (QED) is 0.620. The molecule has 10 heteroatoms. The molecule has 1 aromatic heterocycles. The topological polar surface area (TPSA) is 120 Å². The predicted molar refractivity (Wildman–Crippen MR) is 83.5 cm³/mol. The molecule has 0 spiro atoms. The summed E-state index contributed by atoms with van der Waals surface area (Å²) < 4.78 is 23.0. The second-order valence-corrected chi connectivity index (χ2v) is 6.37. The Balaban J connectivity index is 2.70. The van der Waals surface area contributed by atoms with Crippen LogP contribution in [-0.2, 0) is 13.6 Å². The summed E-state index contributed by atoms with van der Waals surface area (Å²) in [7, 11) is -3.40.